The van der Waals surface area contributed by atoms with Crippen LogP contribution in [0.4, 0.5) is 5.13 Å². The van der Waals surface area contributed by atoms with Crippen molar-refractivity contribution in [3.05, 3.63) is 70.7 Å². The lowest BCUT2D eigenvalue weighted by Gasteiger charge is -2.09. The van der Waals surface area contributed by atoms with Crippen LogP contribution < -0.4 is 5.32 Å². The maximum Gasteiger partial charge on any atom is 0.311 e. The van der Waals surface area contributed by atoms with Crippen LogP contribution in [0.3, 0.4) is 0 Å². The van der Waals surface area contributed by atoms with Gasteiger partial charge in [-0.15, -0.1) is 11.3 Å². The lowest BCUT2D eigenvalue weighted by molar-refractivity contribution is -0.142. The number of nitrogens with one attached hydrogen (secondary N) is 1. The van der Waals surface area contributed by atoms with Crippen molar-refractivity contribution >= 4 is 51.1 Å². The number of aromatic nitrogens is 3. The molecule has 0 aliphatic carbocycles. The first-order valence-electron chi connectivity index (χ1n) is 10.6. The zero-order valence-electron chi connectivity index (χ0n) is 18.4. The number of ether oxygens (including phenoxy) is 1. The number of para-hydroxylation sites is 2. The van der Waals surface area contributed by atoms with Crippen LogP contribution in [0.1, 0.15) is 23.1 Å². The van der Waals surface area contributed by atoms with Gasteiger partial charge in [0.2, 0.25) is 5.91 Å². The first-order chi connectivity index (χ1) is 16.0. The topological polar surface area (TPSA) is 86.1 Å². The molecule has 0 unspecified atom stereocenters. The van der Waals surface area contributed by atoms with Gasteiger partial charge < -0.3 is 14.6 Å². The molecule has 0 aliphatic heterocycles. The van der Waals surface area contributed by atoms with Gasteiger partial charge in [-0.25, -0.2) is 9.97 Å². The second kappa shape index (κ2) is 10.6. The van der Waals surface area contributed by atoms with Gasteiger partial charge >= 0.3 is 5.97 Å². The lowest BCUT2D eigenvalue weighted by Crippen LogP contribution is -2.14. The fraction of sp³-hybridized carbons (Fsp3) is 0.250. The molecular weight excluding hydrogens is 456 g/mol. The van der Waals surface area contributed by atoms with E-state index < -0.39 is 0 Å². The molecule has 0 fully saturated rings. The fourth-order valence-corrected chi connectivity index (χ4v) is 5.13. The summed E-state index contributed by atoms with van der Waals surface area (Å²) >= 11 is 2.69. The number of carbonyl (C=O) groups is 2. The number of benzene rings is 2. The molecule has 33 heavy (non-hydrogen) atoms. The summed E-state index contributed by atoms with van der Waals surface area (Å²) in [5.74, 6) is -0.269. The van der Waals surface area contributed by atoms with Crippen molar-refractivity contribution in [3.63, 3.8) is 0 Å². The minimum absolute atomic E-state index is 0.158. The molecule has 4 rings (SSSR count). The Morgan fingerprint density at radius 3 is 2.64 bits per heavy atom. The van der Waals surface area contributed by atoms with Gasteiger partial charge in [0.25, 0.3) is 0 Å². The third-order valence-electron chi connectivity index (χ3n) is 4.88. The predicted octanol–water partition coefficient (Wildman–Crippen LogP) is 4.69. The van der Waals surface area contributed by atoms with Crippen molar-refractivity contribution < 1.29 is 14.3 Å². The number of fused-ring (bicyclic) bond motifs is 1. The number of esters is 1. The van der Waals surface area contributed by atoms with Gasteiger partial charge in [0.15, 0.2) is 10.3 Å². The number of hydrogen-bond acceptors (Lipinski definition) is 7. The smallest absolute Gasteiger partial charge is 0.311 e. The molecule has 9 heteroatoms. The van der Waals surface area contributed by atoms with Gasteiger partial charge in [-0.05, 0) is 31.5 Å². The molecule has 1 N–H and O–H groups in total. The monoisotopic (exact) mass is 480 g/mol. The number of thiazole rings is 1. The summed E-state index contributed by atoms with van der Waals surface area (Å²) in [6.45, 7) is 4.61. The van der Waals surface area contributed by atoms with Gasteiger partial charge in [-0.2, -0.15) is 0 Å². The molecular formula is C24H24N4O3S2. The van der Waals surface area contributed by atoms with E-state index in [1.54, 1.807) is 6.92 Å². The van der Waals surface area contributed by atoms with Crippen LogP contribution in [0, 0.1) is 6.92 Å². The van der Waals surface area contributed by atoms with E-state index in [2.05, 4.69) is 27.0 Å². The average molecular weight is 481 g/mol. The quantitative estimate of drug-likeness (QED) is 0.276. The van der Waals surface area contributed by atoms with Gasteiger partial charge in [-0.3, -0.25) is 9.59 Å². The Kier molecular flexibility index (Phi) is 7.41. The average Bonchev–Trinajstić information content (AvgIpc) is 3.32. The van der Waals surface area contributed by atoms with Crippen LogP contribution in [-0.2, 0) is 27.3 Å². The van der Waals surface area contributed by atoms with Gasteiger partial charge in [0.05, 0.1) is 42.1 Å². The first-order valence-corrected chi connectivity index (χ1v) is 12.4. The number of hydrogen-bond donors (Lipinski definition) is 1. The molecule has 0 saturated heterocycles. The Morgan fingerprint density at radius 2 is 1.85 bits per heavy atom. The van der Waals surface area contributed by atoms with E-state index in [9.17, 15) is 9.59 Å². The summed E-state index contributed by atoms with van der Waals surface area (Å²) in [5, 5.41) is 4.11. The van der Waals surface area contributed by atoms with Crippen molar-refractivity contribution in [2.75, 3.05) is 17.7 Å². The van der Waals surface area contributed by atoms with E-state index in [4.69, 9.17) is 9.72 Å². The second-order valence-corrected chi connectivity index (χ2v) is 9.33. The molecule has 0 atom stereocenters. The normalized spacial score (nSPS) is 11.0. The predicted molar refractivity (Wildman–Crippen MR) is 132 cm³/mol. The largest absolute Gasteiger partial charge is 0.466 e. The fourth-order valence-electron chi connectivity index (χ4n) is 3.36. The molecule has 7 nitrogen and oxygen atoms in total. The Balaban J connectivity index is 1.44. The summed E-state index contributed by atoms with van der Waals surface area (Å²) < 4.78 is 7.13. The second-order valence-electron chi connectivity index (χ2n) is 7.30. The summed E-state index contributed by atoms with van der Waals surface area (Å²) in [6, 6.07) is 18.1. The molecule has 0 radical (unpaired) electrons. The number of imidazole rings is 1. The number of nitrogens with zero attached hydrogens (tertiary/aromatic N) is 3. The molecule has 0 aliphatic rings. The van der Waals surface area contributed by atoms with Gasteiger partial charge in [0, 0.05) is 4.88 Å². The molecule has 2 aromatic heterocycles. The SMILES string of the molecule is CCOC(=O)Cc1sc(NC(=O)CSc2nc3ccccc3n2Cc2ccccc2)nc1C. The highest BCUT2D eigenvalue weighted by atomic mass is 32.2. The van der Waals surface area contributed by atoms with E-state index in [1.165, 1.54) is 28.7 Å². The van der Waals surface area contributed by atoms with E-state index in [1.807, 2.05) is 49.4 Å². The van der Waals surface area contributed by atoms with E-state index in [-0.39, 0.29) is 24.1 Å². The van der Waals surface area contributed by atoms with Crippen molar-refractivity contribution in [1.29, 1.82) is 0 Å². The molecule has 4 aromatic rings. The van der Waals surface area contributed by atoms with Crippen LogP contribution in [-0.4, -0.2) is 38.8 Å². The summed E-state index contributed by atoms with van der Waals surface area (Å²) in [7, 11) is 0. The number of amides is 1. The maximum atomic E-state index is 12.6. The Morgan fingerprint density at radius 1 is 1.09 bits per heavy atom. The van der Waals surface area contributed by atoms with Crippen molar-refractivity contribution in [2.24, 2.45) is 0 Å². The number of anilines is 1. The van der Waals surface area contributed by atoms with Crippen LogP contribution in [0.2, 0.25) is 0 Å². The van der Waals surface area contributed by atoms with Crippen LogP contribution in [0.5, 0.6) is 0 Å². The highest BCUT2D eigenvalue weighted by Crippen LogP contribution is 2.27. The summed E-state index contributed by atoms with van der Waals surface area (Å²) in [5.41, 5.74) is 3.82. The number of aryl methyl sites for hydroxylation is 1. The standard InChI is InChI=1S/C24H24N4O3S2/c1-3-31-22(30)13-20-16(2)25-23(33-20)27-21(29)15-32-24-26-18-11-7-8-12-19(18)28(24)14-17-9-5-4-6-10-17/h4-12H,3,13-15H2,1-2H3,(H,25,27,29). The molecule has 2 heterocycles. The van der Waals surface area contributed by atoms with Crippen LogP contribution >= 0.6 is 23.1 Å². The van der Waals surface area contributed by atoms with Crippen molar-refractivity contribution in [1.82, 2.24) is 14.5 Å². The van der Waals surface area contributed by atoms with Crippen molar-refractivity contribution in [2.45, 2.75) is 32.0 Å². The molecule has 0 spiro atoms. The highest BCUT2D eigenvalue weighted by molar-refractivity contribution is 7.99. The zero-order valence-corrected chi connectivity index (χ0v) is 20.0. The van der Waals surface area contributed by atoms with E-state index in [0.29, 0.717) is 18.3 Å². The van der Waals surface area contributed by atoms with Gasteiger partial charge in [-0.1, -0.05) is 54.2 Å². The number of rotatable bonds is 9. The van der Waals surface area contributed by atoms with Crippen molar-refractivity contribution in [3.8, 4) is 0 Å². The summed E-state index contributed by atoms with van der Waals surface area (Å²) in [4.78, 5) is 34.3. The molecule has 170 valence electrons. The highest BCUT2D eigenvalue weighted by Gasteiger charge is 2.16. The zero-order chi connectivity index (χ0) is 23.2. The maximum absolute atomic E-state index is 12.6. The first kappa shape index (κ1) is 23.0. The Hall–Kier alpha value is -3.17. The summed E-state index contributed by atoms with van der Waals surface area (Å²) in [6.07, 6.45) is 0.158. The van der Waals surface area contributed by atoms with E-state index >= 15 is 0 Å². The van der Waals surface area contributed by atoms with Crippen LogP contribution in [0.25, 0.3) is 11.0 Å². The molecule has 0 saturated carbocycles. The lowest BCUT2D eigenvalue weighted by atomic mass is 10.2. The Labute approximate surface area is 200 Å². The minimum Gasteiger partial charge on any atom is -0.466 e. The Bertz CT molecular complexity index is 1270. The third kappa shape index (κ3) is 5.80. The molecule has 1 amide bonds. The van der Waals surface area contributed by atoms with Crippen LogP contribution in [0.15, 0.2) is 59.8 Å². The van der Waals surface area contributed by atoms with E-state index in [0.717, 1.165) is 26.8 Å². The molecule has 0 bridgehead atoms. The van der Waals surface area contributed by atoms with Gasteiger partial charge in [0.1, 0.15) is 0 Å². The number of thioether (sulfide) groups is 1. The third-order valence-corrected chi connectivity index (χ3v) is 6.93. The minimum atomic E-state index is -0.296. The number of carbonyl (C=O) groups excluding carboxylic acids is 2. The molecule has 2 aromatic carbocycles.